The van der Waals surface area contributed by atoms with Crippen LogP contribution in [0.1, 0.15) is 35.9 Å². The molecular weight excluding hydrogens is 266 g/mol. The molecule has 0 radical (unpaired) electrons. The van der Waals surface area contributed by atoms with Crippen molar-refractivity contribution in [1.29, 1.82) is 0 Å². The van der Waals surface area contributed by atoms with Gasteiger partial charge >= 0.3 is 0 Å². The molecule has 0 spiro atoms. The molecule has 1 aliphatic heterocycles. The second-order valence-electron chi connectivity index (χ2n) is 5.82. The third kappa shape index (κ3) is 2.36. The molecule has 1 fully saturated rings. The quantitative estimate of drug-likeness (QED) is 0.935. The first-order chi connectivity index (χ1) is 10.4. The minimum Gasteiger partial charge on any atom is -0.373 e. The highest BCUT2D eigenvalue weighted by Crippen LogP contribution is 2.42. The zero-order valence-electron chi connectivity index (χ0n) is 12.1. The molecule has 4 rings (SSSR count). The van der Waals surface area contributed by atoms with E-state index in [1.807, 2.05) is 0 Å². The molecule has 1 aromatic carbocycles. The number of rotatable bonds is 4. The molecule has 5 heteroatoms. The standard InChI is InChI=1S/C16H19N3O2/c1-20-14(10-5-6-10)15-18-16(21-19-15)13-4-2-3-11-9-17-8-7-12(11)13/h2-4,10,14,17H,5-9H2,1H3. The lowest BCUT2D eigenvalue weighted by Crippen LogP contribution is -2.24. The van der Waals surface area contributed by atoms with Crippen LogP contribution >= 0.6 is 0 Å². The van der Waals surface area contributed by atoms with Crippen molar-refractivity contribution in [2.24, 2.45) is 5.92 Å². The van der Waals surface area contributed by atoms with Gasteiger partial charge in [-0.05, 0) is 48.9 Å². The molecule has 2 heterocycles. The summed E-state index contributed by atoms with van der Waals surface area (Å²) in [5.41, 5.74) is 3.72. The summed E-state index contributed by atoms with van der Waals surface area (Å²) in [4.78, 5) is 4.60. The molecule has 2 aliphatic rings. The van der Waals surface area contributed by atoms with Gasteiger partial charge in [-0.1, -0.05) is 17.3 Å². The zero-order valence-corrected chi connectivity index (χ0v) is 12.1. The Labute approximate surface area is 123 Å². The topological polar surface area (TPSA) is 60.2 Å². The molecule has 110 valence electrons. The molecule has 5 nitrogen and oxygen atoms in total. The lowest BCUT2D eigenvalue weighted by molar-refractivity contribution is 0.0751. The Morgan fingerprint density at radius 2 is 2.29 bits per heavy atom. The van der Waals surface area contributed by atoms with E-state index in [1.54, 1.807) is 7.11 Å². The van der Waals surface area contributed by atoms with Crippen LogP contribution in [0, 0.1) is 5.92 Å². The summed E-state index contributed by atoms with van der Waals surface area (Å²) in [5, 5.41) is 7.54. The third-order valence-electron chi connectivity index (χ3n) is 4.37. The predicted molar refractivity (Wildman–Crippen MR) is 77.6 cm³/mol. The number of nitrogens with one attached hydrogen (secondary N) is 1. The molecule has 1 aliphatic carbocycles. The van der Waals surface area contributed by atoms with Gasteiger partial charge in [0.25, 0.3) is 5.89 Å². The van der Waals surface area contributed by atoms with Gasteiger partial charge in [-0.2, -0.15) is 4.98 Å². The van der Waals surface area contributed by atoms with Crippen molar-refractivity contribution in [3.8, 4) is 11.5 Å². The summed E-state index contributed by atoms with van der Waals surface area (Å²) in [6.45, 7) is 1.90. The highest BCUT2D eigenvalue weighted by molar-refractivity contribution is 5.61. The maximum atomic E-state index is 5.53. The zero-order chi connectivity index (χ0) is 14.2. The van der Waals surface area contributed by atoms with Crippen LogP contribution in [0.2, 0.25) is 0 Å². The van der Waals surface area contributed by atoms with Crippen LogP contribution in [0.15, 0.2) is 22.7 Å². The second kappa shape index (κ2) is 5.24. The SMILES string of the molecule is COC(c1noc(-c2cccc3c2CCNC3)n1)C1CC1. The minimum absolute atomic E-state index is 0.0243. The minimum atomic E-state index is -0.0243. The molecule has 1 N–H and O–H groups in total. The van der Waals surface area contributed by atoms with Crippen molar-refractivity contribution >= 4 is 0 Å². The fourth-order valence-corrected chi connectivity index (χ4v) is 3.10. The van der Waals surface area contributed by atoms with E-state index in [1.165, 1.54) is 24.0 Å². The molecule has 1 aromatic heterocycles. The summed E-state index contributed by atoms with van der Waals surface area (Å²) in [6, 6.07) is 6.28. The summed E-state index contributed by atoms with van der Waals surface area (Å²) in [5.74, 6) is 1.85. The number of aromatic nitrogens is 2. The molecule has 0 bridgehead atoms. The Balaban J connectivity index is 1.69. The second-order valence-corrected chi connectivity index (χ2v) is 5.82. The van der Waals surface area contributed by atoms with E-state index in [9.17, 15) is 0 Å². The Kier molecular flexibility index (Phi) is 3.24. The van der Waals surface area contributed by atoms with Crippen LogP contribution in [0.3, 0.4) is 0 Å². The van der Waals surface area contributed by atoms with Crippen LogP contribution in [0.4, 0.5) is 0 Å². The van der Waals surface area contributed by atoms with E-state index >= 15 is 0 Å². The fraction of sp³-hybridized carbons (Fsp3) is 0.500. The van der Waals surface area contributed by atoms with Crippen LogP contribution in [-0.4, -0.2) is 23.8 Å². The molecule has 21 heavy (non-hydrogen) atoms. The highest BCUT2D eigenvalue weighted by Gasteiger charge is 2.35. The highest BCUT2D eigenvalue weighted by atomic mass is 16.5. The van der Waals surface area contributed by atoms with Gasteiger partial charge in [-0.15, -0.1) is 0 Å². The first kappa shape index (κ1) is 13.0. The number of ether oxygens (including phenoxy) is 1. The van der Waals surface area contributed by atoms with Crippen LogP contribution < -0.4 is 5.32 Å². The van der Waals surface area contributed by atoms with Gasteiger partial charge < -0.3 is 14.6 Å². The lowest BCUT2D eigenvalue weighted by Gasteiger charge is -2.18. The predicted octanol–water partition coefficient (Wildman–Crippen LogP) is 2.48. The molecule has 1 atom stereocenters. The molecule has 0 saturated heterocycles. The summed E-state index contributed by atoms with van der Waals surface area (Å²) < 4.78 is 11.0. The van der Waals surface area contributed by atoms with E-state index in [0.29, 0.717) is 17.6 Å². The first-order valence-corrected chi connectivity index (χ1v) is 7.55. The largest absolute Gasteiger partial charge is 0.373 e. The van der Waals surface area contributed by atoms with E-state index < -0.39 is 0 Å². The van der Waals surface area contributed by atoms with E-state index in [2.05, 4.69) is 33.7 Å². The summed E-state index contributed by atoms with van der Waals surface area (Å²) >= 11 is 0. The average molecular weight is 285 g/mol. The Morgan fingerprint density at radius 1 is 1.38 bits per heavy atom. The molecule has 0 amide bonds. The van der Waals surface area contributed by atoms with Gasteiger partial charge in [0.15, 0.2) is 0 Å². The van der Waals surface area contributed by atoms with Crippen molar-refractivity contribution in [2.75, 3.05) is 13.7 Å². The van der Waals surface area contributed by atoms with Gasteiger partial charge in [0, 0.05) is 19.2 Å². The molecular formula is C16H19N3O2. The maximum absolute atomic E-state index is 5.53. The lowest BCUT2D eigenvalue weighted by atomic mass is 9.95. The van der Waals surface area contributed by atoms with Crippen LogP contribution in [-0.2, 0) is 17.7 Å². The fourth-order valence-electron chi connectivity index (χ4n) is 3.10. The Morgan fingerprint density at radius 3 is 3.10 bits per heavy atom. The first-order valence-electron chi connectivity index (χ1n) is 7.55. The number of nitrogens with zero attached hydrogens (tertiary/aromatic N) is 2. The van der Waals surface area contributed by atoms with Crippen molar-refractivity contribution in [1.82, 2.24) is 15.5 Å². The van der Waals surface area contributed by atoms with Gasteiger partial charge in [-0.3, -0.25) is 0 Å². The maximum Gasteiger partial charge on any atom is 0.258 e. The molecule has 1 saturated carbocycles. The number of benzene rings is 1. The number of methoxy groups -OCH3 is 1. The van der Waals surface area contributed by atoms with Gasteiger partial charge in [-0.25, -0.2) is 0 Å². The molecule has 1 unspecified atom stereocenters. The van der Waals surface area contributed by atoms with Gasteiger partial charge in [0.2, 0.25) is 5.82 Å². The monoisotopic (exact) mass is 285 g/mol. The van der Waals surface area contributed by atoms with Crippen molar-refractivity contribution in [3.63, 3.8) is 0 Å². The van der Waals surface area contributed by atoms with E-state index in [0.717, 1.165) is 25.1 Å². The van der Waals surface area contributed by atoms with Gasteiger partial charge in [0.05, 0.1) is 0 Å². The smallest absolute Gasteiger partial charge is 0.258 e. The van der Waals surface area contributed by atoms with Crippen molar-refractivity contribution < 1.29 is 9.26 Å². The van der Waals surface area contributed by atoms with Crippen LogP contribution in [0.5, 0.6) is 0 Å². The number of hydrogen-bond acceptors (Lipinski definition) is 5. The number of hydrogen-bond donors (Lipinski definition) is 1. The summed E-state index contributed by atoms with van der Waals surface area (Å²) in [6.07, 6.45) is 3.35. The average Bonchev–Trinajstić information content (AvgIpc) is 3.25. The van der Waals surface area contributed by atoms with Crippen molar-refractivity contribution in [2.45, 2.75) is 31.9 Å². The normalized spacial score (nSPS) is 19.3. The Hall–Kier alpha value is -1.72. The Bertz CT molecular complexity index is 649. The molecule has 2 aromatic rings. The van der Waals surface area contributed by atoms with Crippen LogP contribution in [0.25, 0.3) is 11.5 Å². The third-order valence-corrected chi connectivity index (χ3v) is 4.37. The summed E-state index contributed by atoms with van der Waals surface area (Å²) in [7, 11) is 1.72. The van der Waals surface area contributed by atoms with Crippen molar-refractivity contribution in [3.05, 3.63) is 35.2 Å². The van der Waals surface area contributed by atoms with Gasteiger partial charge in [0.1, 0.15) is 6.10 Å². The number of fused-ring (bicyclic) bond motifs is 1. The van der Waals surface area contributed by atoms with E-state index in [-0.39, 0.29) is 6.10 Å². The van der Waals surface area contributed by atoms with E-state index in [4.69, 9.17) is 9.26 Å².